The Hall–Kier alpha value is -8.05. The zero-order valence-corrected chi connectivity index (χ0v) is 86.0. The van der Waals surface area contributed by atoms with Gasteiger partial charge in [0.2, 0.25) is 52.8 Å². The standard InChI is InChI=1S/C37H59N5O7S.C37H61N5O7S.C26H44N4O6/c1-5-13-25(29(43)32(45)38-23-15-16-23)39-31(44)28-27-24(35(27,2)3)22-42(28)33(46)30(36(4)17-8-6-9-18-36)40-34(47)41-37(19-10-7-11-20-37)26-14-12-21-50(26,48)49;1-34(2,3)29(40-33(47)41-37(18-10-9-11-19-37)21-50(48,49)35(4,5)6)32(46)42-20-24-26(36(24,7)8)27(42)30(44)39-25(17-14-22-12-13-22)28(43)31(45)38-23-15-16-23;1-16(2)14-20(23(33)28-19(15-17-11-12-17)21(31)22(27)32)30-13-9-7-6-8-10-18(24(30)34)29-25(35)36-26(3,4)5/h23-28,30H,5-22H2,1-4H3,(H,38,45)(H,39,44)(H2,40,41,47);22-27,29H,9-21H2,1-8H3,(H,38,45)(H,39,44)(H2,40,41,47);16-20H,6-15H2,1-5H3,(H2,27,32)(H,28,33)(H,29,35)/t24-,25-,26+,27-,28-,30+;24-,25-,26-,27-,29+;18-,19?,20-/m000/s1. The van der Waals surface area contributed by atoms with E-state index in [1.165, 1.54) is 4.90 Å². The third-order valence-corrected chi connectivity index (χ3v) is 37.1. The van der Waals surface area contributed by atoms with E-state index in [2.05, 4.69) is 80.9 Å². The Balaban J connectivity index is 0.000000199. The number of nitrogens with two attached hydrogens (primary N) is 1. The maximum absolute atomic E-state index is 14.9. The predicted molar refractivity (Wildman–Crippen MR) is 514 cm³/mol. The molecule has 0 aromatic rings. The van der Waals surface area contributed by atoms with Crippen LogP contribution in [0.5, 0.6) is 0 Å². The highest BCUT2D eigenvalue weighted by molar-refractivity contribution is 7.92. The number of rotatable bonds is 35. The van der Waals surface area contributed by atoms with Crippen molar-refractivity contribution in [2.45, 2.75) is 442 Å². The van der Waals surface area contributed by atoms with Gasteiger partial charge in [-0.15, -0.1) is 0 Å². The molecule has 13 rings (SSSR count). The first kappa shape index (κ1) is 108. The molecule has 0 aromatic heterocycles. The second-order valence-corrected chi connectivity index (χ2v) is 52.6. The Morgan fingerprint density at radius 2 is 1.03 bits per heavy atom. The summed E-state index contributed by atoms with van der Waals surface area (Å²) in [4.78, 5) is 206. The third-order valence-electron chi connectivity index (χ3n) is 31.9. The summed E-state index contributed by atoms with van der Waals surface area (Å²) in [6.07, 6.45) is 26.0. The van der Waals surface area contributed by atoms with Gasteiger partial charge in [-0.1, -0.05) is 185 Å². The number of amides is 14. The van der Waals surface area contributed by atoms with Gasteiger partial charge in [0, 0.05) is 31.7 Å². The summed E-state index contributed by atoms with van der Waals surface area (Å²) in [5.74, 6) is -6.29. The first-order valence-electron chi connectivity index (χ1n) is 51.4. The molecule has 36 heteroatoms. The molecule has 0 spiro atoms. The van der Waals surface area contributed by atoms with Gasteiger partial charge < -0.3 is 78.3 Å². The van der Waals surface area contributed by atoms with Gasteiger partial charge in [-0.05, 0) is 227 Å². The smallest absolute Gasteiger partial charge is 0.408 e. The number of hydrogen-bond acceptors (Lipinski definition) is 20. The Morgan fingerprint density at radius 1 is 0.537 bits per heavy atom. The fraction of sp³-hybridized carbons (Fsp3) is 0.850. The molecule has 4 saturated heterocycles. The summed E-state index contributed by atoms with van der Waals surface area (Å²) in [6.45, 7) is 33.0. The number of likely N-dealkylation sites (tertiary alicyclic amines) is 2. The summed E-state index contributed by atoms with van der Waals surface area (Å²) in [6, 6.07) is -9.38. The van der Waals surface area contributed by atoms with Crippen molar-refractivity contribution < 1.29 is 93.5 Å². The van der Waals surface area contributed by atoms with Gasteiger partial charge in [0.15, 0.2) is 19.7 Å². The number of ketones is 3. The SMILES string of the molecule is CC(C)(C)[C@H](NC(=O)NC1(CS(=O)(=O)C(C)(C)C)CCCCC1)C(=O)N1C[C@H]2[C@@H]([C@H]1C(=O)N[C@@H](CCC1CC1)C(=O)C(=O)NC1CC1)C2(C)C.CC(C)C[C@@H](C(=O)NC(CC1CC1)C(=O)C(N)=O)N1CCCCCC[C@H](NC(=O)OC(C)(C)C)C1=O.CCC[C@H](NC(=O)[C@@H]1[C@@H]2[C@H](CN1C(=O)[C@@H](NC(=O)NC1([C@H]3CCCS3(=O)=O)CCCCC1)C1(C)CCCCC1)C2(C)C)C(=O)C(=O)NC1CC1. The number of nitrogens with zero attached hydrogens (tertiary/aromatic N) is 3. The van der Waals surface area contributed by atoms with Crippen LogP contribution in [0, 0.1) is 63.1 Å². The zero-order valence-electron chi connectivity index (χ0n) is 84.4. The minimum atomic E-state index is -3.56. The van der Waals surface area contributed by atoms with Crippen molar-refractivity contribution in [3.63, 3.8) is 0 Å². The summed E-state index contributed by atoms with van der Waals surface area (Å²) in [7, 11) is -6.91. The normalized spacial score (nSPS) is 27.0. The van der Waals surface area contributed by atoms with Crippen molar-refractivity contribution in [3.8, 4) is 0 Å². The van der Waals surface area contributed by atoms with E-state index >= 15 is 0 Å². The van der Waals surface area contributed by atoms with Crippen LogP contribution in [0.25, 0.3) is 0 Å². The van der Waals surface area contributed by atoms with Crippen LogP contribution in [-0.4, -0.2) is 244 Å². The summed E-state index contributed by atoms with van der Waals surface area (Å²) in [5.41, 5.74) is 1.03. The van der Waals surface area contributed by atoms with E-state index in [1.54, 1.807) is 51.3 Å². The van der Waals surface area contributed by atoms with E-state index in [0.29, 0.717) is 103 Å². The number of sulfone groups is 2. The first-order chi connectivity index (χ1) is 63.5. The Morgan fingerprint density at radius 3 is 1.50 bits per heavy atom. The van der Waals surface area contributed by atoms with Gasteiger partial charge in [-0.3, -0.25) is 57.5 Å². The van der Waals surface area contributed by atoms with E-state index in [1.807, 2.05) is 48.5 Å². The number of Topliss-reactive ketones (excluding diaryl/α,β-unsaturated/α-hetero) is 3. The lowest BCUT2D eigenvalue weighted by atomic mass is 9.70. The number of fused-ring (bicyclic) bond motifs is 2. The minimum Gasteiger partial charge on any atom is -0.444 e. The van der Waals surface area contributed by atoms with Crippen molar-refractivity contribution in [3.05, 3.63) is 0 Å². The first-order valence-corrected chi connectivity index (χ1v) is 54.8. The summed E-state index contributed by atoms with van der Waals surface area (Å²) >= 11 is 0. The molecule has 13 aliphatic rings. The number of hydrogen-bond donors (Lipinski definition) is 11. The molecule has 34 nitrogen and oxygen atoms in total. The zero-order chi connectivity index (χ0) is 100. The van der Waals surface area contributed by atoms with Gasteiger partial charge in [-0.25, -0.2) is 31.2 Å². The van der Waals surface area contributed by atoms with Crippen LogP contribution in [0.1, 0.15) is 349 Å². The number of primary amides is 1. The Bertz CT molecular complexity index is 4630. The van der Waals surface area contributed by atoms with E-state index in [-0.39, 0.29) is 81.7 Å². The second kappa shape index (κ2) is 43.6. The lowest BCUT2D eigenvalue weighted by Gasteiger charge is -2.45. The van der Waals surface area contributed by atoms with Gasteiger partial charge in [0.25, 0.3) is 17.7 Å². The van der Waals surface area contributed by atoms with Crippen molar-refractivity contribution in [1.29, 1.82) is 0 Å². The van der Waals surface area contributed by atoms with Crippen molar-refractivity contribution in [1.82, 2.24) is 67.9 Å². The van der Waals surface area contributed by atoms with E-state index in [0.717, 1.165) is 154 Å². The van der Waals surface area contributed by atoms with Crippen molar-refractivity contribution in [2.24, 2.45) is 68.8 Å². The fourth-order valence-electron chi connectivity index (χ4n) is 22.8. The number of nitrogens with one attached hydrogen (secondary N) is 10. The number of carbonyl (C=O) groups is 15. The average Bonchev–Trinajstić information content (AvgIpc) is 1.52. The van der Waals surface area contributed by atoms with Gasteiger partial charge in [0.1, 0.15) is 41.9 Å². The number of ether oxygens (including phenoxy) is 1. The monoisotopic (exact) mass is 1950 g/mol. The van der Waals surface area contributed by atoms with Gasteiger partial charge in [-0.2, -0.15) is 0 Å². The quantitative estimate of drug-likeness (QED) is 0.0263. The largest absolute Gasteiger partial charge is 0.444 e. The molecule has 12 N–H and O–H groups in total. The Kier molecular flexibility index (Phi) is 34.7. The molecular weight excluding hydrogens is 1780 g/mol. The van der Waals surface area contributed by atoms with Crippen LogP contribution in [0.2, 0.25) is 0 Å². The van der Waals surface area contributed by atoms with Crippen LogP contribution in [0.15, 0.2) is 0 Å². The predicted octanol–water partition coefficient (Wildman–Crippen LogP) is 9.57. The van der Waals surface area contributed by atoms with E-state index in [4.69, 9.17) is 10.5 Å². The highest BCUT2D eigenvalue weighted by Gasteiger charge is 2.72. The molecule has 4 heterocycles. The third kappa shape index (κ3) is 27.4. The van der Waals surface area contributed by atoms with Crippen molar-refractivity contribution >= 4 is 108 Å². The van der Waals surface area contributed by atoms with Crippen LogP contribution >= 0.6 is 0 Å². The molecule has 1 unspecified atom stereocenters. The fourth-order valence-corrected chi connectivity index (χ4v) is 26.6. The minimum absolute atomic E-state index is 0.0112. The lowest BCUT2D eigenvalue weighted by molar-refractivity contribution is -0.146. The van der Waals surface area contributed by atoms with E-state index < -0.39 is 188 Å². The number of alkyl carbamates (subject to hydrolysis) is 1. The molecule has 9 saturated carbocycles. The van der Waals surface area contributed by atoms with Crippen LogP contribution in [0.4, 0.5) is 14.4 Å². The lowest BCUT2D eigenvalue weighted by Crippen LogP contribution is -2.66. The Labute approximate surface area is 807 Å². The van der Waals surface area contributed by atoms with Crippen LogP contribution in [-0.2, 0) is 81.9 Å². The maximum atomic E-state index is 14.9. The van der Waals surface area contributed by atoms with Gasteiger partial charge >= 0.3 is 18.2 Å². The highest BCUT2D eigenvalue weighted by atomic mass is 32.2. The van der Waals surface area contributed by atoms with Crippen LogP contribution < -0.4 is 58.9 Å². The maximum Gasteiger partial charge on any atom is 0.408 e. The molecule has 14 atom stereocenters. The highest BCUT2D eigenvalue weighted by Crippen LogP contribution is 2.66. The molecule has 4 aliphatic heterocycles. The molecule has 9 aliphatic carbocycles. The molecule has 0 aromatic carbocycles. The van der Waals surface area contributed by atoms with Crippen LogP contribution in [0.3, 0.4) is 0 Å². The second-order valence-electron chi connectivity index (χ2n) is 47.6. The average molecular weight is 1950 g/mol. The molecule has 766 valence electrons. The molecule has 0 radical (unpaired) electrons. The molecule has 136 heavy (non-hydrogen) atoms. The summed E-state index contributed by atoms with van der Waals surface area (Å²) in [5, 5.41) is 28.2. The van der Waals surface area contributed by atoms with Crippen molar-refractivity contribution in [2.75, 3.05) is 31.1 Å². The number of carbonyl (C=O) groups excluding carboxylic acids is 15. The number of urea groups is 2. The summed E-state index contributed by atoms with van der Waals surface area (Å²) < 4.78 is 57.4. The molecule has 0 bridgehead atoms. The topological polar surface area (TPSA) is 490 Å². The molecular formula is C100H164N14O20S2. The van der Waals surface area contributed by atoms with E-state index in [9.17, 15) is 88.8 Å². The van der Waals surface area contributed by atoms with Gasteiger partial charge in [0.05, 0.1) is 50.7 Å². The molecule has 13 fully saturated rings. The molecule has 14 amide bonds. The number of piperidine rings is 2.